The van der Waals surface area contributed by atoms with Crippen molar-refractivity contribution >= 4 is 0 Å². The summed E-state index contributed by atoms with van der Waals surface area (Å²) in [5, 5.41) is 3.57. The molecule has 1 saturated heterocycles. The van der Waals surface area contributed by atoms with E-state index < -0.39 is 0 Å². The van der Waals surface area contributed by atoms with E-state index in [0.717, 1.165) is 31.8 Å². The van der Waals surface area contributed by atoms with Crippen LogP contribution >= 0.6 is 0 Å². The average Bonchev–Trinajstić information content (AvgIpc) is 2.44. The van der Waals surface area contributed by atoms with Gasteiger partial charge in [0.05, 0.1) is 13.2 Å². The fraction of sp³-hybridized carbons (Fsp3) is 0.529. The molecule has 1 heterocycles. The molecule has 3 nitrogen and oxygen atoms in total. The Balaban J connectivity index is 1.93. The molecule has 1 aromatic carbocycles. The summed E-state index contributed by atoms with van der Waals surface area (Å²) in [6.07, 6.45) is 0. The first-order valence-corrected chi connectivity index (χ1v) is 7.41. The molecule has 0 aliphatic carbocycles. The van der Waals surface area contributed by atoms with E-state index >= 15 is 0 Å². The topological polar surface area (TPSA) is 24.5 Å². The highest BCUT2D eigenvalue weighted by molar-refractivity contribution is 5.20. The van der Waals surface area contributed by atoms with Gasteiger partial charge in [0.1, 0.15) is 0 Å². The lowest BCUT2D eigenvalue weighted by molar-refractivity contribution is 0.0758. The highest BCUT2D eigenvalue weighted by Crippen LogP contribution is 2.23. The fourth-order valence-electron chi connectivity index (χ4n) is 2.66. The van der Waals surface area contributed by atoms with E-state index in [9.17, 15) is 0 Å². The lowest BCUT2D eigenvalue weighted by atomic mass is 10.0. The monoisotopic (exact) mass is 274 g/mol. The summed E-state index contributed by atoms with van der Waals surface area (Å²) in [4.78, 5) is 2.52. The van der Waals surface area contributed by atoms with Gasteiger partial charge in [0, 0.05) is 31.7 Å². The minimum absolute atomic E-state index is 0.445. The predicted molar refractivity (Wildman–Crippen MR) is 83.9 cm³/mol. The van der Waals surface area contributed by atoms with Crippen LogP contribution in [0.15, 0.2) is 42.5 Å². The third-order valence-corrected chi connectivity index (χ3v) is 3.66. The van der Waals surface area contributed by atoms with Crippen LogP contribution in [-0.4, -0.2) is 43.8 Å². The molecule has 0 saturated carbocycles. The second-order valence-corrected chi connectivity index (χ2v) is 5.74. The Morgan fingerprint density at radius 1 is 1.40 bits per heavy atom. The summed E-state index contributed by atoms with van der Waals surface area (Å²) < 4.78 is 5.66. The lowest BCUT2D eigenvalue weighted by Crippen LogP contribution is -2.51. The maximum atomic E-state index is 5.66. The summed E-state index contributed by atoms with van der Waals surface area (Å²) in [6.45, 7) is 12.6. The first-order chi connectivity index (χ1) is 9.66. The van der Waals surface area contributed by atoms with Crippen molar-refractivity contribution < 1.29 is 4.74 Å². The Bertz CT molecular complexity index is 418. The summed E-state index contributed by atoms with van der Waals surface area (Å²) in [5.74, 6) is 0. The minimum Gasteiger partial charge on any atom is -0.376 e. The fourth-order valence-corrected chi connectivity index (χ4v) is 2.66. The van der Waals surface area contributed by atoms with Crippen LogP contribution in [0.25, 0.3) is 0 Å². The van der Waals surface area contributed by atoms with Crippen molar-refractivity contribution in [3.63, 3.8) is 0 Å². The largest absolute Gasteiger partial charge is 0.376 e. The van der Waals surface area contributed by atoms with Crippen molar-refractivity contribution in [2.45, 2.75) is 25.9 Å². The van der Waals surface area contributed by atoms with Crippen molar-refractivity contribution in [3.05, 3.63) is 48.0 Å². The SMILES string of the molecule is C=C(C)COCCN1CC(C)NCC1c1ccccc1. The first-order valence-electron chi connectivity index (χ1n) is 7.41. The van der Waals surface area contributed by atoms with Crippen molar-refractivity contribution in [2.75, 3.05) is 32.8 Å². The van der Waals surface area contributed by atoms with Crippen LogP contribution in [0.4, 0.5) is 0 Å². The first kappa shape index (κ1) is 15.2. The zero-order valence-electron chi connectivity index (χ0n) is 12.6. The number of rotatable bonds is 6. The number of piperazine rings is 1. The predicted octanol–water partition coefficient (Wildman–Crippen LogP) is 2.61. The molecule has 2 unspecified atom stereocenters. The van der Waals surface area contributed by atoms with Crippen molar-refractivity contribution in [1.82, 2.24) is 10.2 Å². The second-order valence-electron chi connectivity index (χ2n) is 5.74. The third kappa shape index (κ3) is 4.44. The molecule has 0 spiro atoms. The van der Waals surface area contributed by atoms with Gasteiger partial charge in [0.25, 0.3) is 0 Å². The highest BCUT2D eigenvalue weighted by Gasteiger charge is 2.26. The smallest absolute Gasteiger partial charge is 0.0672 e. The Morgan fingerprint density at radius 3 is 2.85 bits per heavy atom. The maximum absolute atomic E-state index is 5.66. The molecule has 2 rings (SSSR count). The Hall–Kier alpha value is -1.16. The van der Waals surface area contributed by atoms with Crippen LogP contribution in [0.1, 0.15) is 25.5 Å². The van der Waals surface area contributed by atoms with E-state index in [1.165, 1.54) is 5.56 Å². The van der Waals surface area contributed by atoms with Gasteiger partial charge in [0.2, 0.25) is 0 Å². The molecular weight excluding hydrogens is 248 g/mol. The molecule has 1 aliphatic rings. The zero-order valence-corrected chi connectivity index (χ0v) is 12.6. The van der Waals surface area contributed by atoms with Crippen LogP contribution in [0.2, 0.25) is 0 Å². The van der Waals surface area contributed by atoms with Crippen LogP contribution in [-0.2, 0) is 4.74 Å². The molecule has 3 heteroatoms. The molecule has 2 atom stereocenters. The maximum Gasteiger partial charge on any atom is 0.0672 e. The number of nitrogens with zero attached hydrogens (tertiary/aromatic N) is 1. The van der Waals surface area contributed by atoms with Gasteiger partial charge in [-0.3, -0.25) is 4.90 Å². The Morgan fingerprint density at radius 2 is 2.15 bits per heavy atom. The van der Waals surface area contributed by atoms with E-state index in [4.69, 9.17) is 4.74 Å². The quantitative estimate of drug-likeness (QED) is 0.637. The highest BCUT2D eigenvalue weighted by atomic mass is 16.5. The van der Waals surface area contributed by atoms with Crippen molar-refractivity contribution in [1.29, 1.82) is 0 Å². The molecule has 1 fully saturated rings. The van der Waals surface area contributed by atoms with Gasteiger partial charge < -0.3 is 10.1 Å². The van der Waals surface area contributed by atoms with E-state index in [1.54, 1.807) is 0 Å². The third-order valence-electron chi connectivity index (χ3n) is 3.66. The van der Waals surface area contributed by atoms with Crippen LogP contribution in [0.5, 0.6) is 0 Å². The van der Waals surface area contributed by atoms with E-state index in [2.05, 4.69) is 54.1 Å². The van der Waals surface area contributed by atoms with E-state index in [-0.39, 0.29) is 0 Å². The Labute approximate surface area is 122 Å². The Kier molecular flexibility index (Phi) is 5.77. The summed E-state index contributed by atoms with van der Waals surface area (Å²) in [5.41, 5.74) is 2.46. The molecule has 0 aromatic heterocycles. The molecular formula is C17H26N2O. The van der Waals surface area contributed by atoms with E-state index in [0.29, 0.717) is 18.7 Å². The van der Waals surface area contributed by atoms with Gasteiger partial charge in [-0.25, -0.2) is 0 Å². The second kappa shape index (κ2) is 7.58. The standard InChI is InChI=1S/C17H26N2O/c1-14(2)13-20-10-9-19-12-15(3)18-11-17(19)16-7-5-4-6-8-16/h4-8,15,17-18H,1,9-13H2,2-3H3. The van der Waals surface area contributed by atoms with Gasteiger partial charge >= 0.3 is 0 Å². The van der Waals surface area contributed by atoms with E-state index in [1.807, 2.05) is 6.92 Å². The molecule has 0 radical (unpaired) electrons. The molecule has 0 amide bonds. The summed E-state index contributed by atoms with van der Waals surface area (Å²) in [6, 6.07) is 11.7. The number of benzene rings is 1. The molecule has 1 aromatic rings. The summed E-state index contributed by atoms with van der Waals surface area (Å²) >= 11 is 0. The van der Waals surface area contributed by atoms with Crippen LogP contribution in [0, 0.1) is 0 Å². The molecule has 1 N–H and O–H groups in total. The summed E-state index contributed by atoms with van der Waals surface area (Å²) in [7, 11) is 0. The van der Waals surface area contributed by atoms with Crippen molar-refractivity contribution in [2.24, 2.45) is 0 Å². The molecule has 1 aliphatic heterocycles. The van der Waals surface area contributed by atoms with Crippen molar-refractivity contribution in [3.8, 4) is 0 Å². The molecule has 110 valence electrons. The molecule has 0 bridgehead atoms. The van der Waals surface area contributed by atoms with Gasteiger partial charge in [-0.15, -0.1) is 0 Å². The zero-order chi connectivity index (χ0) is 14.4. The number of hydrogen-bond acceptors (Lipinski definition) is 3. The van der Waals surface area contributed by atoms with Gasteiger partial charge in [-0.05, 0) is 19.4 Å². The van der Waals surface area contributed by atoms with Gasteiger partial charge in [-0.2, -0.15) is 0 Å². The lowest BCUT2D eigenvalue weighted by Gasteiger charge is -2.39. The molecule has 20 heavy (non-hydrogen) atoms. The normalized spacial score (nSPS) is 23.7. The number of hydrogen-bond donors (Lipinski definition) is 1. The van der Waals surface area contributed by atoms with Gasteiger partial charge in [0.15, 0.2) is 0 Å². The number of ether oxygens (including phenoxy) is 1. The van der Waals surface area contributed by atoms with Crippen LogP contribution < -0.4 is 5.32 Å². The average molecular weight is 274 g/mol. The van der Waals surface area contributed by atoms with Crippen LogP contribution in [0.3, 0.4) is 0 Å². The van der Waals surface area contributed by atoms with Gasteiger partial charge in [-0.1, -0.05) is 42.5 Å². The number of nitrogens with one attached hydrogen (secondary N) is 1. The minimum atomic E-state index is 0.445.